The van der Waals surface area contributed by atoms with Gasteiger partial charge in [-0.15, -0.1) is 22.9 Å². The fraction of sp³-hybridized carbons (Fsp3) is 0.333. The molecular weight excluding hydrogens is 220 g/mol. The van der Waals surface area contributed by atoms with Crippen LogP contribution in [0.3, 0.4) is 0 Å². The van der Waals surface area contributed by atoms with Crippen molar-refractivity contribution < 1.29 is 4.42 Å². The molecule has 0 fully saturated rings. The van der Waals surface area contributed by atoms with Crippen molar-refractivity contribution in [3.05, 3.63) is 22.5 Å². The lowest BCUT2D eigenvalue weighted by Crippen LogP contribution is -1.80. The van der Waals surface area contributed by atoms with Crippen LogP contribution in [-0.2, 0) is 0 Å². The number of thiazole rings is 1. The van der Waals surface area contributed by atoms with E-state index in [1.807, 2.05) is 19.2 Å². The molecule has 3 nitrogen and oxygen atoms in total. The SMILES string of the molecule is Cc1nc(-c2cnc(C(C)Cl)o2)cs1. The lowest BCUT2D eigenvalue weighted by Gasteiger charge is -1.93. The molecule has 0 saturated heterocycles. The van der Waals surface area contributed by atoms with Gasteiger partial charge in [-0.2, -0.15) is 0 Å². The molecule has 0 bridgehead atoms. The van der Waals surface area contributed by atoms with E-state index in [4.69, 9.17) is 16.0 Å². The highest BCUT2D eigenvalue weighted by molar-refractivity contribution is 7.09. The molecule has 74 valence electrons. The van der Waals surface area contributed by atoms with Crippen molar-refractivity contribution >= 4 is 22.9 Å². The zero-order valence-corrected chi connectivity index (χ0v) is 9.39. The van der Waals surface area contributed by atoms with Gasteiger partial charge in [0.1, 0.15) is 11.1 Å². The van der Waals surface area contributed by atoms with E-state index in [1.165, 1.54) is 0 Å². The molecule has 2 aromatic rings. The van der Waals surface area contributed by atoms with Crippen LogP contribution in [0.15, 0.2) is 16.0 Å². The molecule has 14 heavy (non-hydrogen) atoms. The predicted octanol–water partition coefficient (Wildman–Crippen LogP) is 3.41. The molecule has 1 atom stereocenters. The van der Waals surface area contributed by atoms with Gasteiger partial charge in [0, 0.05) is 5.38 Å². The number of oxazole rings is 1. The summed E-state index contributed by atoms with van der Waals surface area (Å²) in [5.41, 5.74) is 0.823. The van der Waals surface area contributed by atoms with E-state index in [0.29, 0.717) is 11.7 Å². The number of hydrogen-bond acceptors (Lipinski definition) is 4. The fourth-order valence-electron chi connectivity index (χ4n) is 1.07. The zero-order chi connectivity index (χ0) is 10.1. The molecule has 5 heteroatoms. The van der Waals surface area contributed by atoms with Crippen LogP contribution in [0, 0.1) is 6.92 Å². The Morgan fingerprint density at radius 1 is 1.57 bits per heavy atom. The largest absolute Gasteiger partial charge is 0.437 e. The molecule has 0 N–H and O–H groups in total. The smallest absolute Gasteiger partial charge is 0.212 e. The first-order valence-electron chi connectivity index (χ1n) is 4.19. The van der Waals surface area contributed by atoms with Gasteiger partial charge in [0.2, 0.25) is 5.89 Å². The highest BCUT2D eigenvalue weighted by atomic mass is 35.5. The van der Waals surface area contributed by atoms with E-state index < -0.39 is 0 Å². The summed E-state index contributed by atoms with van der Waals surface area (Å²) in [5.74, 6) is 1.21. The van der Waals surface area contributed by atoms with E-state index in [-0.39, 0.29) is 5.38 Å². The minimum absolute atomic E-state index is 0.205. The van der Waals surface area contributed by atoms with Gasteiger partial charge in [-0.1, -0.05) is 0 Å². The van der Waals surface area contributed by atoms with Crippen LogP contribution < -0.4 is 0 Å². The monoisotopic (exact) mass is 228 g/mol. The van der Waals surface area contributed by atoms with Gasteiger partial charge in [-0.05, 0) is 13.8 Å². The Bertz CT molecular complexity index is 435. The zero-order valence-electron chi connectivity index (χ0n) is 7.82. The molecule has 1 unspecified atom stereocenters. The number of rotatable bonds is 2. The number of aryl methyl sites for hydroxylation is 1. The summed E-state index contributed by atoms with van der Waals surface area (Å²) in [6.07, 6.45) is 1.66. The topological polar surface area (TPSA) is 38.9 Å². The summed E-state index contributed by atoms with van der Waals surface area (Å²) in [5, 5.41) is 2.75. The second-order valence-corrected chi connectivity index (χ2v) is 4.65. The van der Waals surface area contributed by atoms with Gasteiger partial charge in [0.15, 0.2) is 5.76 Å². The Balaban J connectivity index is 2.33. The highest BCUT2D eigenvalue weighted by Crippen LogP contribution is 2.26. The van der Waals surface area contributed by atoms with Crippen molar-refractivity contribution in [1.29, 1.82) is 0 Å². The predicted molar refractivity (Wildman–Crippen MR) is 56.6 cm³/mol. The van der Waals surface area contributed by atoms with E-state index >= 15 is 0 Å². The number of alkyl halides is 1. The van der Waals surface area contributed by atoms with Gasteiger partial charge in [-0.25, -0.2) is 9.97 Å². The molecule has 0 radical (unpaired) electrons. The maximum atomic E-state index is 5.84. The van der Waals surface area contributed by atoms with E-state index in [1.54, 1.807) is 17.5 Å². The normalized spacial score (nSPS) is 13.1. The second kappa shape index (κ2) is 3.71. The van der Waals surface area contributed by atoms with Gasteiger partial charge in [0.05, 0.1) is 11.2 Å². The average Bonchev–Trinajstić information content (AvgIpc) is 2.70. The van der Waals surface area contributed by atoms with E-state index in [0.717, 1.165) is 10.7 Å². The molecule has 0 amide bonds. The summed E-state index contributed by atoms with van der Waals surface area (Å²) in [7, 11) is 0. The standard InChI is InChI=1S/C9H9ClN2OS/c1-5(10)9-11-3-8(13-9)7-4-14-6(2)12-7/h3-5H,1-2H3. The van der Waals surface area contributed by atoms with Crippen molar-refractivity contribution in [2.24, 2.45) is 0 Å². The molecule has 0 aliphatic rings. The van der Waals surface area contributed by atoms with Crippen LogP contribution >= 0.6 is 22.9 Å². The molecule has 0 aliphatic heterocycles. The number of hydrogen-bond donors (Lipinski definition) is 0. The fourth-order valence-corrected chi connectivity index (χ4v) is 1.77. The Hall–Kier alpha value is -0.870. The number of halogens is 1. The minimum atomic E-state index is -0.205. The second-order valence-electron chi connectivity index (χ2n) is 2.93. The molecular formula is C9H9ClN2OS. The average molecular weight is 229 g/mol. The first-order chi connectivity index (χ1) is 6.66. The van der Waals surface area contributed by atoms with Crippen LogP contribution in [-0.4, -0.2) is 9.97 Å². The molecule has 2 heterocycles. The third kappa shape index (κ3) is 1.81. The molecule has 0 aliphatic carbocycles. The van der Waals surface area contributed by atoms with Crippen molar-refractivity contribution in [2.75, 3.05) is 0 Å². The van der Waals surface area contributed by atoms with Crippen LogP contribution in [0.5, 0.6) is 0 Å². The van der Waals surface area contributed by atoms with Crippen LogP contribution in [0.25, 0.3) is 11.5 Å². The molecule has 2 aromatic heterocycles. The maximum Gasteiger partial charge on any atom is 0.212 e. The third-order valence-corrected chi connectivity index (χ3v) is 2.70. The van der Waals surface area contributed by atoms with Crippen molar-refractivity contribution in [3.63, 3.8) is 0 Å². The van der Waals surface area contributed by atoms with Gasteiger partial charge in [0.25, 0.3) is 0 Å². The van der Waals surface area contributed by atoms with E-state index in [9.17, 15) is 0 Å². The Morgan fingerprint density at radius 2 is 2.36 bits per heavy atom. The Kier molecular flexibility index (Phi) is 2.56. The van der Waals surface area contributed by atoms with Crippen molar-refractivity contribution in [3.8, 4) is 11.5 Å². The van der Waals surface area contributed by atoms with Gasteiger partial charge in [-0.3, -0.25) is 0 Å². The summed E-state index contributed by atoms with van der Waals surface area (Å²) in [6, 6.07) is 0. The Labute approximate surface area is 90.8 Å². The van der Waals surface area contributed by atoms with Crippen molar-refractivity contribution in [2.45, 2.75) is 19.2 Å². The lowest BCUT2D eigenvalue weighted by molar-refractivity contribution is 0.507. The third-order valence-electron chi connectivity index (χ3n) is 1.74. The number of nitrogens with zero attached hydrogens (tertiary/aromatic N) is 2. The Morgan fingerprint density at radius 3 is 2.86 bits per heavy atom. The van der Waals surface area contributed by atoms with Crippen LogP contribution in [0.2, 0.25) is 0 Å². The first kappa shape index (κ1) is 9.68. The summed E-state index contributed by atoms with van der Waals surface area (Å²) >= 11 is 7.42. The number of aromatic nitrogens is 2. The molecule has 0 aromatic carbocycles. The van der Waals surface area contributed by atoms with E-state index in [2.05, 4.69) is 9.97 Å². The molecule has 0 spiro atoms. The van der Waals surface area contributed by atoms with Gasteiger partial charge >= 0.3 is 0 Å². The summed E-state index contributed by atoms with van der Waals surface area (Å²) < 4.78 is 5.45. The summed E-state index contributed by atoms with van der Waals surface area (Å²) in [4.78, 5) is 8.36. The van der Waals surface area contributed by atoms with Gasteiger partial charge < -0.3 is 4.42 Å². The van der Waals surface area contributed by atoms with Crippen LogP contribution in [0.1, 0.15) is 23.2 Å². The maximum absolute atomic E-state index is 5.84. The summed E-state index contributed by atoms with van der Waals surface area (Å²) in [6.45, 7) is 3.78. The molecule has 2 rings (SSSR count). The quantitative estimate of drug-likeness (QED) is 0.740. The molecule has 0 saturated carbocycles. The lowest BCUT2D eigenvalue weighted by atomic mass is 10.4. The first-order valence-corrected chi connectivity index (χ1v) is 5.50. The van der Waals surface area contributed by atoms with Crippen molar-refractivity contribution in [1.82, 2.24) is 9.97 Å². The highest BCUT2D eigenvalue weighted by Gasteiger charge is 2.12. The minimum Gasteiger partial charge on any atom is -0.437 e. The van der Waals surface area contributed by atoms with Crippen LogP contribution in [0.4, 0.5) is 0 Å².